The highest BCUT2D eigenvalue weighted by atomic mass is 19.4. The van der Waals surface area contributed by atoms with Gasteiger partial charge in [-0.3, -0.25) is 10.1 Å². The van der Waals surface area contributed by atoms with Crippen molar-refractivity contribution in [3.63, 3.8) is 0 Å². The summed E-state index contributed by atoms with van der Waals surface area (Å²) in [5.74, 6) is -0.610. The van der Waals surface area contributed by atoms with Gasteiger partial charge in [0.25, 0.3) is 0 Å². The van der Waals surface area contributed by atoms with E-state index in [4.69, 9.17) is 0 Å². The summed E-state index contributed by atoms with van der Waals surface area (Å²) in [4.78, 5) is 12.7. The first-order valence-electron chi connectivity index (χ1n) is 10.8. The molecule has 2 aromatic carbocycles. The van der Waals surface area contributed by atoms with Gasteiger partial charge in [-0.1, -0.05) is 54.1 Å². The van der Waals surface area contributed by atoms with Gasteiger partial charge in [0.05, 0.1) is 6.04 Å². The van der Waals surface area contributed by atoms with E-state index in [1.807, 2.05) is 38.1 Å². The third-order valence-electron chi connectivity index (χ3n) is 5.76. The molecule has 3 nitrogen and oxygen atoms in total. The van der Waals surface area contributed by atoms with E-state index in [0.717, 1.165) is 29.5 Å². The fourth-order valence-corrected chi connectivity index (χ4v) is 3.60. The van der Waals surface area contributed by atoms with E-state index in [1.54, 1.807) is 12.1 Å². The molecule has 2 aromatic rings. The number of aryl methyl sites for hydroxylation is 1. The van der Waals surface area contributed by atoms with Gasteiger partial charge in [0, 0.05) is 12.0 Å². The van der Waals surface area contributed by atoms with Crippen LogP contribution in [0.1, 0.15) is 57.2 Å². The van der Waals surface area contributed by atoms with Gasteiger partial charge in [-0.25, -0.2) is 4.39 Å². The molecule has 7 heteroatoms. The van der Waals surface area contributed by atoms with Crippen molar-refractivity contribution in [2.75, 3.05) is 0 Å². The Labute approximate surface area is 186 Å². The van der Waals surface area contributed by atoms with Gasteiger partial charge in [-0.15, -0.1) is 0 Å². The summed E-state index contributed by atoms with van der Waals surface area (Å²) >= 11 is 0. The third-order valence-corrected chi connectivity index (χ3v) is 5.76. The van der Waals surface area contributed by atoms with Crippen molar-refractivity contribution in [1.82, 2.24) is 10.6 Å². The largest absolute Gasteiger partial charge is 0.407 e. The lowest BCUT2D eigenvalue weighted by atomic mass is 9.96. The van der Waals surface area contributed by atoms with Crippen molar-refractivity contribution in [1.29, 1.82) is 0 Å². The van der Waals surface area contributed by atoms with E-state index < -0.39 is 35.4 Å². The molecule has 1 saturated carbocycles. The fraction of sp³-hybridized carbons (Fsp3) is 0.480. The number of alkyl halides is 4. The Balaban J connectivity index is 1.85. The van der Waals surface area contributed by atoms with Gasteiger partial charge in [0.2, 0.25) is 5.91 Å². The Hall–Kier alpha value is -2.41. The van der Waals surface area contributed by atoms with Crippen LogP contribution in [0.15, 0.2) is 48.5 Å². The van der Waals surface area contributed by atoms with Crippen LogP contribution in [0.3, 0.4) is 0 Å². The van der Waals surface area contributed by atoms with Gasteiger partial charge in [0.1, 0.15) is 11.7 Å². The minimum Gasteiger partial charge on any atom is -0.350 e. The number of rotatable bonds is 8. The van der Waals surface area contributed by atoms with E-state index >= 15 is 0 Å². The van der Waals surface area contributed by atoms with Gasteiger partial charge < -0.3 is 5.32 Å². The molecule has 1 amide bonds. The number of benzene rings is 2. The van der Waals surface area contributed by atoms with Gasteiger partial charge in [-0.05, 0) is 57.2 Å². The number of nitrogens with one attached hydrogen (secondary N) is 2. The van der Waals surface area contributed by atoms with Crippen LogP contribution in [0, 0.1) is 6.92 Å². The molecule has 2 N–H and O–H groups in total. The second-order valence-electron chi connectivity index (χ2n) is 9.65. The predicted octanol–water partition coefficient (Wildman–Crippen LogP) is 6.03. The maximum absolute atomic E-state index is 14.4. The summed E-state index contributed by atoms with van der Waals surface area (Å²) in [6.07, 6.45) is -3.52. The summed E-state index contributed by atoms with van der Waals surface area (Å²) in [5, 5.41) is 5.17. The monoisotopic (exact) mass is 450 g/mol. The Morgan fingerprint density at radius 1 is 0.969 bits per heavy atom. The molecule has 0 spiro atoms. The molecule has 0 radical (unpaired) electrons. The van der Waals surface area contributed by atoms with Crippen molar-refractivity contribution < 1.29 is 22.4 Å². The van der Waals surface area contributed by atoms with Crippen LogP contribution in [-0.2, 0) is 4.79 Å². The minimum absolute atomic E-state index is 0.0274. The molecule has 0 bridgehead atoms. The van der Waals surface area contributed by atoms with Crippen LogP contribution in [-0.4, -0.2) is 29.3 Å². The average molecular weight is 451 g/mol. The van der Waals surface area contributed by atoms with Crippen LogP contribution in [0.5, 0.6) is 0 Å². The molecule has 2 atom stereocenters. The molecule has 0 unspecified atom stereocenters. The maximum atomic E-state index is 14.4. The highest BCUT2D eigenvalue weighted by molar-refractivity contribution is 5.83. The first kappa shape index (κ1) is 24.2. The van der Waals surface area contributed by atoms with Crippen molar-refractivity contribution in [2.45, 2.75) is 76.4 Å². The van der Waals surface area contributed by atoms with Crippen LogP contribution >= 0.6 is 0 Å². The third kappa shape index (κ3) is 6.55. The summed E-state index contributed by atoms with van der Waals surface area (Å²) < 4.78 is 56.3. The van der Waals surface area contributed by atoms with Crippen LogP contribution < -0.4 is 10.6 Å². The van der Waals surface area contributed by atoms with Gasteiger partial charge in [-0.2, -0.15) is 13.2 Å². The molecule has 0 saturated heterocycles. The molecular weight excluding hydrogens is 420 g/mol. The van der Waals surface area contributed by atoms with E-state index in [-0.39, 0.29) is 12.0 Å². The molecule has 174 valence electrons. The lowest BCUT2D eigenvalue weighted by molar-refractivity contribution is -0.161. The second-order valence-corrected chi connectivity index (χ2v) is 9.65. The van der Waals surface area contributed by atoms with E-state index in [1.165, 1.54) is 26.0 Å². The molecule has 1 aliphatic carbocycles. The van der Waals surface area contributed by atoms with Crippen molar-refractivity contribution in [3.05, 3.63) is 59.7 Å². The van der Waals surface area contributed by atoms with Crippen LogP contribution in [0.2, 0.25) is 0 Å². The standard InChI is InChI=1S/C25H30F4N2O/c1-16-5-7-17(8-6-16)18-9-11-19(12-10-18)21(25(27,28)29)30-20(15-23(2,3)26)22(32)31-24(4)13-14-24/h5-12,20-21,30H,13-15H2,1-4H3,(H,31,32)/t20-,21-/m0/s1. The number of carbonyl (C=O) groups is 1. The van der Waals surface area contributed by atoms with Crippen LogP contribution in [0.25, 0.3) is 11.1 Å². The smallest absolute Gasteiger partial charge is 0.350 e. The molecular formula is C25H30F4N2O. The second kappa shape index (κ2) is 8.85. The first-order valence-corrected chi connectivity index (χ1v) is 10.8. The highest BCUT2D eigenvalue weighted by Gasteiger charge is 2.45. The van der Waals surface area contributed by atoms with E-state index in [2.05, 4.69) is 10.6 Å². The first-order chi connectivity index (χ1) is 14.8. The van der Waals surface area contributed by atoms with Gasteiger partial charge >= 0.3 is 6.18 Å². The zero-order chi connectivity index (χ0) is 23.7. The normalized spacial score (nSPS) is 17.5. The lowest BCUT2D eigenvalue weighted by Gasteiger charge is -2.30. The summed E-state index contributed by atoms with van der Waals surface area (Å²) in [5.41, 5.74) is 0.516. The predicted molar refractivity (Wildman–Crippen MR) is 118 cm³/mol. The van der Waals surface area contributed by atoms with Crippen LogP contribution in [0.4, 0.5) is 17.6 Å². The molecule has 32 heavy (non-hydrogen) atoms. The number of carbonyl (C=O) groups excluding carboxylic acids is 1. The van der Waals surface area contributed by atoms with Crippen molar-refractivity contribution in [2.24, 2.45) is 0 Å². The minimum atomic E-state index is -4.66. The molecule has 3 rings (SSSR count). The molecule has 0 aromatic heterocycles. The number of amides is 1. The van der Waals surface area contributed by atoms with Gasteiger partial charge in [0.15, 0.2) is 0 Å². The zero-order valence-electron chi connectivity index (χ0n) is 18.8. The van der Waals surface area contributed by atoms with Crippen molar-refractivity contribution >= 4 is 5.91 Å². The molecule has 0 aliphatic heterocycles. The highest BCUT2D eigenvalue weighted by Crippen LogP contribution is 2.37. The number of halogens is 4. The average Bonchev–Trinajstić information content (AvgIpc) is 3.40. The quantitative estimate of drug-likeness (QED) is 0.482. The summed E-state index contributed by atoms with van der Waals surface area (Å²) in [6, 6.07) is 10.3. The Bertz CT molecular complexity index is 926. The maximum Gasteiger partial charge on any atom is 0.407 e. The Morgan fingerprint density at radius 3 is 1.91 bits per heavy atom. The lowest BCUT2D eigenvalue weighted by Crippen LogP contribution is -2.53. The topological polar surface area (TPSA) is 41.1 Å². The number of hydrogen-bond donors (Lipinski definition) is 2. The molecule has 1 fully saturated rings. The Kier molecular flexibility index (Phi) is 6.70. The SMILES string of the molecule is Cc1ccc(-c2ccc([C@H](N[C@@H](CC(C)(C)F)C(=O)NC3(C)CC3)C(F)(F)F)cc2)cc1. The number of hydrogen-bond acceptors (Lipinski definition) is 2. The van der Waals surface area contributed by atoms with Crippen molar-refractivity contribution in [3.8, 4) is 11.1 Å². The molecule has 0 heterocycles. The summed E-state index contributed by atoms with van der Waals surface area (Å²) in [6.45, 7) is 6.30. The van der Waals surface area contributed by atoms with E-state index in [9.17, 15) is 22.4 Å². The van der Waals surface area contributed by atoms with E-state index in [0.29, 0.717) is 0 Å². The Morgan fingerprint density at radius 2 is 1.47 bits per heavy atom. The fourth-order valence-electron chi connectivity index (χ4n) is 3.60. The zero-order valence-corrected chi connectivity index (χ0v) is 18.8. The summed E-state index contributed by atoms with van der Waals surface area (Å²) in [7, 11) is 0. The molecule has 1 aliphatic rings.